The molecule has 150 valence electrons. The highest BCUT2D eigenvalue weighted by Crippen LogP contribution is 2.14. The summed E-state index contributed by atoms with van der Waals surface area (Å²) in [4.78, 5) is 0. The number of allylic oxidation sites excluding steroid dienone is 1. The molecule has 0 heterocycles. The minimum Gasteiger partial charge on any atom is -0.282 e. The Bertz CT molecular complexity index is 388. The summed E-state index contributed by atoms with van der Waals surface area (Å²) >= 11 is 0. The second-order valence-corrected chi connectivity index (χ2v) is 8.63. The van der Waals surface area contributed by atoms with Gasteiger partial charge >= 0.3 is 0 Å². The quantitative estimate of drug-likeness (QED) is 0.189. The van der Waals surface area contributed by atoms with E-state index in [1.165, 1.54) is 96.3 Å². The van der Waals surface area contributed by atoms with E-state index in [9.17, 15) is 8.42 Å². The van der Waals surface area contributed by atoms with Crippen LogP contribution in [0, 0.1) is 0 Å². The van der Waals surface area contributed by atoms with Gasteiger partial charge in [0.2, 0.25) is 0 Å². The zero-order valence-electron chi connectivity index (χ0n) is 16.6. The van der Waals surface area contributed by atoms with Gasteiger partial charge in [-0.3, -0.25) is 4.55 Å². The lowest BCUT2D eigenvalue weighted by Gasteiger charge is -2.03. The van der Waals surface area contributed by atoms with Crippen molar-refractivity contribution in [2.45, 2.75) is 122 Å². The van der Waals surface area contributed by atoms with Gasteiger partial charge in [0.1, 0.15) is 0 Å². The van der Waals surface area contributed by atoms with Crippen LogP contribution in [0.4, 0.5) is 0 Å². The molecule has 0 aromatic heterocycles. The van der Waals surface area contributed by atoms with Gasteiger partial charge in [0.25, 0.3) is 10.1 Å². The average molecular weight is 375 g/mol. The fourth-order valence-electron chi connectivity index (χ4n) is 3.18. The van der Waals surface area contributed by atoms with Gasteiger partial charge in [0.15, 0.2) is 0 Å². The van der Waals surface area contributed by atoms with E-state index in [-0.39, 0.29) is 0 Å². The smallest absolute Gasteiger partial charge is 0.282 e. The molecule has 0 rings (SSSR count). The first-order valence-corrected chi connectivity index (χ1v) is 12.2. The second kappa shape index (κ2) is 18.4. The zero-order chi connectivity index (χ0) is 18.6. The van der Waals surface area contributed by atoms with E-state index in [4.69, 9.17) is 4.55 Å². The maximum absolute atomic E-state index is 10.5. The molecule has 4 heteroatoms. The van der Waals surface area contributed by atoms with E-state index in [1.807, 2.05) is 0 Å². The molecule has 0 atom stereocenters. The SMILES string of the molecule is CCCCCCCCCCCCCCCCCCCC=CS(=O)(=O)O. The molecule has 25 heavy (non-hydrogen) atoms. The van der Waals surface area contributed by atoms with Crippen molar-refractivity contribution >= 4 is 10.1 Å². The van der Waals surface area contributed by atoms with Crippen molar-refractivity contribution in [3.63, 3.8) is 0 Å². The van der Waals surface area contributed by atoms with Crippen molar-refractivity contribution in [2.75, 3.05) is 0 Å². The molecule has 0 amide bonds. The van der Waals surface area contributed by atoms with Crippen molar-refractivity contribution in [1.29, 1.82) is 0 Å². The first kappa shape index (κ1) is 24.7. The van der Waals surface area contributed by atoms with E-state index < -0.39 is 10.1 Å². The fraction of sp³-hybridized carbons (Fsp3) is 0.905. The van der Waals surface area contributed by atoms with Gasteiger partial charge in [-0.1, -0.05) is 116 Å². The molecule has 0 aliphatic heterocycles. The number of rotatable bonds is 19. The Balaban J connectivity index is 3.08. The van der Waals surface area contributed by atoms with Crippen LogP contribution in [-0.4, -0.2) is 13.0 Å². The molecule has 0 aromatic carbocycles. The molecular weight excluding hydrogens is 332 g/mol. The van der Waals surface area contributed by atoms with Crippen LogP contribution in [0.25, 0.3) is 0 Å². The largest absolute Gasteiger partial charge is 0.287 e. The van der Waals surface area contributed by atoms with Gasteiger partial charge in [-0.2, -0.15) is 8.42 Å². The molecule has 0 spiro atoms. The lowest BCUT2D eigenvalue weighted by Crippen LogP contribution is -1.89. The minimum absolute atomic E-state index is 0.735. The van der Waals surface area contributed by atoms with Crippen LogP contribution in [-0.2, 0) is 10.1 Å². The van der Waals surface area contributed by atoms with Crippen LogP contribution >= 0.6 is 0 Å². The topological polar surface area (TPSA) is 54.4 Å². The first-order chi connectivity index (χ1) is 12.1. The fourth-order valence-corrected chi connectivity index (χ4v) is 3.56. The van der Waals surface area contributed by atoms with Crippen molar-refractivity contribution < 1.29 is 13.0 Å². The summed E-state index contributed by atoms with van der Waals surface area (Å²) in [5, 5.41) is 0.888. The van der Waals surface area contributed by atoms with E-state index >= 15 is 0 Å². The van der Waals surface area contributed by atoms with Crippen LogP contribution in [0.1, 0.15) is 122 Å². The lowest BCUT2D eigenvalue weighted by atomic mass is 10.0. The van der Waals surface area contributed by atoms with Gasteiger partial charge in [0, 0.05) is 0 Å². The summed E-state index contributed by atoms with van der Waals surface area (Å²) in [6.07, 6.45) is 25.2. The van der Waals surface area contributed by atoms with Crippen LogP contribution < -0.4 is 0 Å². The number of hydrogen-bond acceptors (Lipinski definition) is 2. The van der Waals surface area contributed by atoms with Crippen molar-refractivity contribution in [3.8, 4) is 0 Å². The summed E-state index contributed by atoms with van der Waals surface area (Å²) < 4.78 is 29.5. The van der Waals surface area contributed by atoms with Gasteiger partial charge < -0.3 is 0 Å². The molecule has 1 N–H and O–H groups in total. The summed E-state index contributed by atoms with van der Waals surface area (Å²) in [5.74, 6) is 0. The normalized spacial score (nSPS) is 12.2. The monoisotopic (exact) mass is 374 g/mol. The Morgan fingerprint density at radius 1 is 0.600 bits per heavy atom. The summed E-state index contributed by atoms with van der Waals surface area (Å²) in [6, 6.07) is 0. The predicted octanol–water partition coefficient (Wildman–Crippen LogP) is 7.43. The van der Waals surface area contributed by atoms with Crippen LogP contribution in [0.5, 0.6) is 0 Å². The highest BCUT2D eigenvalue weighted by atomic mass is 32.2. The van der Waals surface area contributed by atoms with Gasteiger partial charge in [-0.25, -0.2) is 0 Å². The van der Waals surface area contributed by atoms with E-state index in [2.05, 4.69) is 6.92 Å². The third-order valence-corrected chi connectivity index (χ3v) is 5.28. The van der Waals surface area contributed by atoms with Crippen molar-refractivity contribution in [1.82, 2.24) is 0 Å². The Kier molecular flexibility index (Phi) is 18.2. The highest BCUT2D eigenvalue weighted by Gasteiger charge is 1.96. The molecular formula is C21H42O3S. The molecule has 0 fully saturated rings. The molecule has 0 unspecified atom stereocenters. The minimum atomic E-state index is -3.93. The lowest BCUT2D eigenvalue weighted by molar-refractivity contribution is 0.494. The van der Waals surface area contributed by atoms with Crippen LogP contribution in [0.2, 0.25) is 0 Å². The van der Waals surface area contributed by atoms with Crippen molar-refractivity contribution in [2.24, 2.45) is 0 Å². The molecule has 0 aromatic rings. The van der Waals surface area contributed by atoms with E-state index in [1.54, 1.807) is 6.08 Å². The molecule has 0 bridgehead atoms. The molecule has 3 nitrogen and oxygen atoms in total. The van der Waals surface area contributed by atoms with Gasteiger partial charge in [-0.15, -0.1) is 0 Å². The zero-order valence-corrected chi connectivity index (χ0v) is 17.4. The van der Waals surface area contributed by atoms with E-state index in [0.29, 0.717) is 0 Å². The average Bonchev–Trinajstić information content (AvgIpc) is 2.56. The molecule has 0 radical (unpaired) electrons. The van der Waals surface area contributed by atoms with Gasteiger partial charge in [0.05, 0.1) is 5.41 Å². The summed E-state index contributed by atoms with van der Waals surface area (Å²) in [5.41, 5.74) is 0. The molecule has 0 aliphatic carbocycles. The standard InChI is InChI=1S/C21H42O3S/c1-2-3-4-5-6-7-8-9-10-11-12-13-14-15-16-17-18-19-20-21-25(22,23)24/h20-21H,2-19H2,1H3,(H,22,23,24). The number of unbranched alkanes of at least 4 members (excludes halogenated alkanes) is 17. The Hall–Kier alpha value is -0.350. The third kappa shape index (κ3) is 23.6. The maximum Gasteiger partial charge on any atom is 0.287 e. The molecule has 0 aliphatic rings. The Morgan fingerprint density at radius 2 is 0.920 bits per heavy atom. The summed E-state index contributed by atoms with van der Waals surface area (Å²) in [6.45, 7) is 2.27. The van der Waals surface area contributed by atoms with Crippen molar-refractivity contribution in [3.05, 3.63) is 11.5 Å². The highest BCUT2D eigenvalue weighted by molar-refractivity contribution is 7.88. The first-order valence-electron chi connectivity index (χ1n) is 10.7. The molecule has 0 saturated heterocycles. The van der Waals surface area contributed by atoms with Crippen LogP contribution in [0.15, 0.2) is 11.5 Å². The Morgan fingerprint density at radius 3 is 1.24 bits per heavy atom. The molecule has 0 saturated carbocycles. The van der Waals surface area contributed by atoms with Crippen LogP contribution in [0.3, 0.4) is 0 Å². The van der Waals surface area contributed by atoms with E-state index in [0.717, 1.165) is 24.7 Å². The predicted molar refractivity (Wildman–Crippen MR) is 109 cm³/mol. The second-order valence-electron chi connectivity index (χ2n) is 7.33. The maximum atomic E-state index is 10.5. The number of hydrogen-bond donors (Lipinski definition) is 1. The Labute approximate surface area is 157 Å². The van der Waals surface area contributed by atoms with Gasteiger partial charge in [-0.05, 0) is 12.8 Å². The third-order valence-electron chi connectivity index (χ3n) is 4.74. The summed E-state index contributed by atoms with van der Waals surface area (Å²) in [7, 11) is -3.93.